The summed E-state index contributed by atoms with van der Waals surface area (Å²) in [7, 11) is 1.64. The molecule has 1 amide bonds. The lowest BCUT2D eigenvalue weighted by atomic mass is 10.2. The number of methoxy groups -OCH3 is 1. The van der Waals surface area contributed by atoms with Crippen LogP contribution in [0, 0.1) is 0 Å². The van der Waals surface area contributed by atoms with Crippen LogP contribution in [-0.4, -0.2) is 28.0 Å². The molecule has 0 fully saturated rings. The van der Waals surface area contributed by atoms with Crippen LogP contribution in [0.4, 0.5) is 5.69 Å². The van der Waals surface area contributed by atoms with Crippen LogP contribution in [0.1, 0.15) is 5.56 Å². The summed E-state index contributed by atoms with van der Waals surface area (Å²) in [4.78, 5) is 12.2. The molecule has 112 valence electrons. The standard InChI is InChI=1S/C16H16N4O2/c1-22-11-12-5-4-6-13(9-12)17-16(21)10-20-15-8-3-2-7-14(15)18-19-20/h2-9H,10-11H2,1H3,(H,17,21). The number of hydrogen-bond acceptors (Lipinski definition) is 4. The Balaban J connectivity index is 1.71. The summed E-state index contributed by atoms with van der Waals surface area (Å²) >= 11 is 0. The van der Waals surface area contributed by atoms with Gasteiger partial charge in [0.05, 0.1) is 12.1 Å². The third-order valence-electron chi connectivity index (χ3n) is 3.24. The van der Waals surface area contributed by atoms with E-state index in [1.165, 1.54) is 0 Å². The molecule has 0 atom stereocenters. The van der Waals surface area contributed by atoms with E-state index in [0.29, 0.717) is 6.61 Å². The van der Waals surface area contributed by atoms with E-state index in [9.17, 15) is 4.79 Å². The molecular weight excluding hydrogens is 280 g/mol. The number of benzene rings is 2. The molecule has 6 nitrogen and oxygen atoms in total. The third-order valence-corrected chi connectivity index (χ3v) is 3.24. The van der Waals surface area contributed by atoms with E-state index in [0.717, 1.165) is 22.3 Å². The Labute approximate surface area is 127 Å². The summed E-state index contributed by atoms with van der Waals surface area (Å²) in [6.07, 6.45) is 0. The van der Waals surface area contributed by atoms with Crippen molar-refractivity contribution in [1.82, 2.24) is 15.0 Å². The van der Waals surface area contributed by atoms with E-state index in [1.54, 1.807) is 11.8 Å². The fourth-order valence-electron chi connectivity index (χ4n) is 2.28. The minimum atomic E-state index is -0.148. The average molecular weight is 296 g/mol. The van der Waals surface area contributed by atoms with Gasteiger partial charge in [-0.3, -0.25) is 4.79 Å². The predicted molar refractivity (Wildman–Crippen MR) is 83.3 cm³/mol. The van der Waals surface area contributed by atoms with Gasteiger partial charge in [0.2, 0.25) is 5.91 Å². The molecule has 1 aromatic heterocycles. The first-order valence-electron chi connectivity index (χ1n) is 6.92. The number of aromatic nitrogens is 3. The predicted octanol–water partition coefficient (Wildman–Crippen LogP) is 2.22. The van der Waals surface area contributed by atoms with Gasteiger partial charge in [0.1, 0.15) is 12.1 Å². The minimum absolute atomic E-state index is 0.120. The smallest absolute Gasteiger partial charge is 0.246 e. The first-order valence-corrected chi connectivity index (χ1v) is 6.92. The second-order valence-electron chi connectivity index (χ2n) is 4.92. The normalized spacial score (nSPS) is 10.8. The van der Waals surface area contributed by atoms with Gasteiger partial charge in [-0.2, -0.15) is 0 Å². The highest BCUT2D eigenvalue weighted by atomic mass is 16.5. The molecule has 0 bridgehead atoms. The second kappa shape index (κ2) is 6.36. The SMILES string of the molecule is COCc1cccc(NC(=O)Cn2nnc3ccccc32)c1. The molecule has 3 aromatic rings. The molecule has 0 saturated heterocycles. The zero-order valence-corrected chi connectivity index (χ0v) is 12.2. The molecule has 0 aliphatic heterocycles. The Hall–Kier alpha value is -2.73. The van der Waals surface area contributed by atoms with Crippen molar-refractivity contribution in [2.75, 3.05) is 12.4 Å². The number of fused-ring (bicyclic) bond motifs is 1. The molecule has 0 aliphatic carbocycles. The van der Waals surface area contributed by atoms with Crippen LogP contribution < -0.4 is 5.32 Å². The molecule has 0 unspecified atom stereocenters. The molecule has 0 saturated carbocycles. The summed E-state index contributed by atoms with van der Waals surface area (Å²) < 4.78 is 6.67. The Morgan fingerprint density at radius 1 is 1.23 bits per heavy atom. The van der Waals surface area contributed by atoms with Crippen LogP contribution in [0.25, 0.3) is 11.0 Å². The molecule has 0 radical (unpaired) electrons. The monoisotopic (exact) mass is 296 g/mol. The van der Waals surface area contributed by atoms with Crippen LogP contribution in [0.2, 0.25) is 0 Å². The number of nitrogens with zero attached hydrogens (tertiary/aromatic N) is 3. The highest BCUT2D eigenvalue weighted by Crippen LogP contribution is 2.13. The number of amides is 1. The maximum absolute atomic E-state index is 12.2. The van der Waals surface area contributed by atoms with Crippen LogP contribution >= 0.6 is 0 Å². The van der Waals surface area contributed by atoms with Gasteiger partial charge in [0.15, 0.2) is 0 Å². The van der Waals surface area contributed by atoms with Crippen LogP contribution in [0.3, 0.4) is 0 Å². The molecule has 1 N–H and O–H groups in total. The van der Waals surface area contributed by atoms with E-state index >= 15 is 0 Å². The zero-order chi connectivity index (χ0) is 15.4. The maximum atomic E-state index is 12.2. The lowest BCUT2D eigenvalue weighted by Crippen LogP contribution is -2.19. The summed E-state index contributed by atoms with van der Waals surface area (Å²) in [6.45, 7) is 0.631. The molecular formula is C16H16N4O2. The van der Waals surface area contributed by atoms with Crippen molar-refractivity contribution >= 4 is 22.6 Å². The molecule has 6 heteroatoms. The van der Waals surface area contributed by atoms with E-state index in [4.69, 9.17) is 4.74 Å². The number of anilines is 1. The third kappa shape index (κ3) is 3.12. The van der Waals surface area contributed by atoms with Gasteiger partial charge in [-0.15, -0.1) is 5.10 Å². The van der Waals surface area contributed by atoms with Crippen molar-refractivity contribution < 1.29 is 9.53 Å². The van der Waals surface area contributed by atoms with Gasteiger partial charge in [-0.25, -0.2) is 4.68 Å². The number of ether oxygens (including phenoxy) is 1. The molecule has 3 rings (SSSR count). The molecule has 22 heavy (non-hydrogen) atoms. The number of rotatable bonds is 5. The van der Waals surface area contributed by atoms with Gasteiger partial charge >= 0.3 is 0 Å². The van der Waals surface area contributed by atoms with Crippen molar-refractivity contribution in [3.8, 4) is 0 Å². The van der Waals surface area contributed by atoms with Crippen molar-refractivity contribution in [2.45, 2.75) is 13.2 Å². The molecule has 2 aromatic carbocycles. The largest absolute Gasteiger partial charge is 0.380 e. The molecule has 0 aliphatic rings. The Kier molecular flexibility index (Phi) is 4.11. The minimum Gasteiger partial charge on any atom is -0.380 e. The number of para-hydroxylation sites is 1. The number of carbonyl (C=O) groups excluding carboxylic acids is 1. The highest BCUT2D eigenvalue weighted by Gasteiger charge is 2.09. The van der Waals surface area contributed by atoms with Crippen LogP contribution in [0.15, 0.2) is 48.5 Å². The van der Waals surface area contributed by atoms with Gasteiger partial charge in [0, 0.05) is 12.8 Å². The first-order chi connectivity index (χ1) is 10.8. The second-order valence-corrected chi connectivity index (χ2v) is 4.92. The van der Waals surface area contributed by atoms with Crippen molar-refractivity contribution in [3.63, 3.8) is 0 Å². The summed E-state index contributed by atoms with van der Waals surface area (Å²) in [5.41, 5.74) is 3.36. The topological polar surface area (TPSA) is 69.0 Å². The summed E-state index contributed by atoms with van der Waals surface area (Å²) in [5.74, 6) is -0.148. The van der Waals surface area contributed by atoms with Crippen molar-refractivity contribution in [2.24, 2.45) is 0 Å². The maximum Gasteiger partial charge on any atom is 0.246 e. The van der Waals surface area contributed by atoms with Gasteiger partial charge in [0.25, 0.3) is 0 Å². The quantitative estimate of drug-likeness (QED) is 0.784. The Morgan fingerprint density at radius 2 is 2.09 bits per heavy atom. The lowest BCUT2D eigenvalue weighted by Gasteiger charge is -2.07. The molecule has 0 spiro atoms. The fraction of sp³-hybridized carbons (Fsp3) is 0.188. The summed E-state index contributed by atoms with van der Waals surface area (Å²) in [6, 6.07) is 15.1. The first kappa shape index (κ1) is 14.2. The van der Waals surface area contributed by atoms with E-state index in [-0.39, 0.29) is 12.5 Å². The van der Waals surface area contributed by atoms with E-state index < -0.39 is 0 Å². The Bertz CT molecular complexity index is 797. The van der Waals surface area contributed by atoms with Crippen LogP contribution in [-0.2, 0) is 22.7 Å². The molecule has 1 heterocycles. The van der Waals surface area contributed by atoms with E-state index in [2.05, 4.69) is 15.6 Å². The number of nitrogens with one attached hydrogen (secondary N) is 1. The lowest BCUT2D eigenvalue weighted by molar-refractivity contribution is -0.116. The van der Waals surface area contributed by atoms with Gasteiger partial charge in [-0.05, 0) is 29.8 Å². The fourth-order valence-corrected chi connectivity index (χ4v) is 2.28. The number of carbonyl (C=O) groups is 1. The van der Waals surface area contributed by atoms with Gasteiger partial charge in [-0.1, -0.05) is 29.5 Å². The average Bonchev–Trinajstić information content (AvgIpc) is 2.91. The van der Waals surface area contributed by atoms with Gasteiger partial charge < -0.3 is 10.1 Å². The van der Waals surface area contributed by atoms with Crippen molar-refractivity contribution in [1.29, 1.82) is 0 Å². The highest BCUT2D eigenvalue weighted by molar-refractivity contribution is 5.91. The number of hydrogen-bond donors (Lipinski definition) is 1. The summed E-state index contributed by atoms with van der Waals surface area (Å²) in [5, 5.41) is 10.9. The van der Waals surface area contributed by atoms with Crippen molar-refractivity contribution in [3.05, 3.63) is 54.1 Å². The van der Waals surface area contributed by atoms with Crippen LogP contribution in [0.5, 0.6) is 0 Å². The van der Waals surface area contributed by atoms with E-state index in [1.807, 2.05) is 48.5 Å². The zero-order valence-electron chi connectivity index (χ0n) is 12.2. The Morgan fingerprint density at radius 3 is 2.95 bits per heavy atom.